The Kier molecular flexibility index (Phi) is 2.30. The van der Waals surface area contributed by atoms with E-state index in [9.17, 15) is 4.79 Å². The molecule has 0 saturated carbocycles. The highest BCUT2D eigenvalue weighted by Gasteiger charge is 2.28. The van der Waals surface area contributed by atoms with Crippen molar-refractivity contribution >= 4 is 5.91 Å². The number of likely N-dealkylation sites (tertiary alicyclic amines) is 1. The molecule has 2 heterocycles. The van der Waals surface area contributed by atoms with Crippen LogP contribution in [-0.4, -0.2) is 36.5 Å². The van der Waals surface area contributed by atoms with Crippen molar-refractivity contribution in [1.82, 2.24) is 10.2 Å². The van der Waals surface area contributed by atoms with Crippen LogP contribution in [0.3, 0.4) is 0 Å². The molecule has 1 unspecified atom stereocenters. The van der Waals surface area contributed by atoms with Crippen LogP contribution in [0.15, 0.2) is 0 Å². The Bertz CT molecular complexity index is 175. The first-order chi connectivity index (χ1) is 5.88. The number of nitrogens with one attached hydrogen (secondary N) is 1. The zero-order valence-electron chi connectivity index (χ0n) is 7.38. The summed E-state index contributed by atoms with van der Waals surface area (Å²) >= 11 is 0. The van der Waals surface area contributed by atoms with Crippen molar-refractivity contribution in [2.24, 2.45) is 0 Å². The molecule has 2 aliphatic heterocycles. The fraction of sp³-hybridized carbons (Fsp3) is 0.889. The minimum Gasteiger partial charge on any atom is -0.338 e. The van der Waals surface area contributed by atoms with Crippen molar-refractivity contribution in [3.63, 3.8) is 0 Å². The smallest absolute Gasteiger partial charge is 0.222 e. The quantitative estimate of drug-likeness (QED) is 0.613. The van der Waals surface area contributed by atoms with Crippen LogP contribution in [0.25, 0.3) is 0 Å². The lowest BCUT2D eigenvalue weighted by molar-refractivity contribution is -0.129. The van der Waals surface area contributed by atoms with Gasteiger partial charge in [-0.25, -0.2) is 0 Å². The standard InChI is InChI=1S/C9H16N2O/c12-9-4-2-6-11(9)8-3-1-5-10-7-8/h8,10H,1-7H2. The molecule has 0 bridgehead atoms. The minimum absolute atomic E-state index is 0.365. The second-order valence-corrected chi connectivity index (χ2v) is 3.69. The van der Waals surface area contributed by atoms with Crippen LogP contribution in [0.4, 0.5) is 0 Å². The maximum absolute atomic E-state index is 11.4. The minimum atomic E-state index is 0.365. The highest BCUT2D eigenvalue weighted by atomic mass is 16.2. The number of carbonyl (C=O) groups excluding carboxylic acids is 1. The molecule has 2 fully saturated rings. The Balaban J connectivity index is 1.93. The van der Waals surface area contributed by atoms with Crippen LogP contribution in [0.5, 0.6) is 0 Å². The number of amides is 1. The highest BCUT2D eigenvalue weighted by Crippen LogP contribution is 2.17. The number of hydrogen-bond donors (Lipinski definition) is 1. The van der Waals surface area contributed by atoms with E-state index in [4.69, 9.17) is 0 Å². The lowest BCUT2D eigenvalue weighted by Crippen LogP contribution is -2.46. The van der Waals surface area contributed by atoms with Crippen molar-refractivity contribution < 1.29 is 4.79 Å². The van der Waals surface area contributed by atoms with Crippen molar-refractivity contribution in [3.8, 4) is 0 Å². The van der Waals surface area contributed by atoms with E-state index in [2.05, 4.69) is 10.2 Å². The number of nitrogens with zero attached hydrogens (tertiary/aromatic N) is 1. The van der Waals surface area contributed by atoms with Gasteiger partial charge in [-0.3, -0.25) is 4.79 Å². The molecule has 0 aliphatic carbocycles. The molecular formula is C9H16N2O. The van der Waals surface area contributed by atoms with E-state index in [1.807, 2.05) is 0 Å². The summed E-state index contributed by atoms with van der Waals surface area (Å²) in [5.41, 5.74) is 0. The third-order valence-corrected chi connectivity index (χ3v) is 2.82. The van der Waals surface area contributed by atoms with Crippen LogP contribution < -0.4 is 5.32 Å². The van der Waals surface area contributed by atoms with E-state index in [1.165, 1.54) is 12.8 Å². The van der Waals surface area contributed by atoms with Crippen molar-refractivity contribution in [3.05, 3.63) is 0 Å². The molecule has 2 saturated heterocycles. The lowest BCUT2D eigenvalue weighted by atomic mass is 10.1. The normalized spacial score (nSPS) is 31.2. The van der Waals surface area contributed by atoms with E-state index in [1.54, 1.807) is 0 Å². The summed E-state index contributed by atoms with van der Waals surface area (Å²) in [6.07, 6.45) is 4.25. The molecule has 1 atom stereocenters. The number of carbonyl (C=O) groups is 1. The van der Waals surface area contributed by atoms with Gasteiger partial charge in [-0.15, -0.1) is 0 Å². The number of hydrogen-bond acceptors (Lipinski definition) is 2. The number of piperidine rings is 1. The average Bonchev–Trinajstić information content (AvgIpc) is 2.53. The van der Waals surface area contributed by atoms with E-state index >= 15 is 0 Å². The summed E-state index contributed by atoms with van der Waals surface area (Å²) in [7, 11) is 0. The lowest BCUT2D eigenvalue weighted by Gasteiger charge is -2.31. The van der Waals surface area contributed by atoms with Crippen molar-refractivity contribution in [2.75, 3.05) is 19.6 Å². The maximum Gasteiger partial charge on any atom is 0.222 e. The van der Waals surface area contributed by atoms with Gasteiger partial charge in [-0.2, -0.15) is 0 Å². The molecule has 12 heavy (non-hydrogen) atoms. The first kappa shape index (κ1) is 8.05. The monoisotopic (exact) mass is 168 g/mol. The van der Waals surface area contributed by atoms with Crippen LogP contribution in [0.2, 0.25) is 0 Å². The fourth-order valence-corrected chi connectivity index (χ4v) is 2.15. The number of rotatable bonds is 1. The largest absolute Gasteiger partial charge is 0.338 e. The second-order valence-electron chi connectivity index (χ2n) is 3.69. The predicted molar refractivity (Wildman–Crippen MR) is 46.8 cm³/mol. The summed E-state index contributed by atoms with van der Waals surface area (Å²) in [5, 5.41) is 3.34. The van der Waals surface area contributed by atoms with Gasteiger partial charge < -0.3 is 10.2 Å². The third kappa shape index (κ3) is 1.46. The van der Waals surface area contributed by atoms with E-state index in [0.29, 0.717) is 11.9 Å². The van der Waals surface area contributed by atoms with E-state index in [0.717, 1.165) is 32.5 Å². The molecule has 2 rings (SSSR count). The molecule has 0 aromatic rings. The highest BCUT2D eigenvalue weighted by molar-refractivity contribution is 5.78. The molecule has 3 nitrogen and oxygen atoms in total. The summed E-state index contributed by atoms with van der Waals surface area (Å²) < 4.78 is 0. The zero-order valence-corrected chi connectivity index (χ0v) is 7.38. The molecule has 68 valence electrons. The van der Waals surface area contributed by atoms with Crippen molar-refractivity contribution in [2.45, 2.75) is 31.7 Å². The Morgan fingerprint density at radius 2 is 2.33 bits per heavy atom. The molecule has 0 radical (unpaired) electrons. The maximum atomic E-state index is 11.4. The summed E-state index contributed by atoms with van der Waals surface area (Å²) in [4.78, 5) is 13.4. The van der Waals surface area contributed by atoms with E-state index in [-0.39, 0.29) is 0 Å². The van der Waals surface area contributed by atoms with Crippen LogP contribution in [0, 0.1) is 0 Å². The Labute approximate surface area is 73.1 Å². The van der Waals surface area contributed by atoms with Gasteiger partial charge in [0.15, 0.2) is 0 Å². The first-order valence-electron chi connectivity index (χ1n) is 4.88. The van der Waals surface area contributed by atoms with Crippen molar-refractivity contribution in [1.29, 1.82) is 0 Å². The molecule has 0 spiro atoms. The third-order valence-electron chi connectivity index (χ3n) is 2.82. The van der Waals surface area contributed by atoms with Gasteiger partial charge in [0, 0.05) is 25.6 Å². The second kappa shape index (κ2) is 3.44. The Morgan fingerprint density at radius 1 is 1.42 bits per heavy atom. The van der Waals surface area contributed by atoms with E-state index < -0.39 is 0 Å². The Hall–Kier alpha value is -0.570. The molecule has 1 N–H and O–H groups in total. The van der Waals surface area contributed by atoms with Gasteiger partial charge in [0.2, 0.25) is 5.91 Å². The zero-order chi connectivity index (χ0) is 8.39. The Morgan fingerprint density at radius 3 is 2.92 bits per heavy atom. The molecule has 3 heteroatoms. The summed E-state index contributed by atoms with van der Waals surface area (Å²) in [6.45, 7) is 3.12. The van der Waals surface area contributed by atoms with Gasteiger partial charge in [-0.1, -0.05) is 0 Å². The fourth-order valence-electron chi connectivity index (χ4n) is 2.15. The molecule has 1 amide bonds. The van der Waals surface area contributed by atoms with Crippen LogP contribution in [-0.2, 0) is 4.79 Å². The topological polar surface area (TPSA) is 32.3 Å². The molecule has 0 aromatic heterocycles. The first-order valence-corrected chi connectivity index (χ1v) is 4.88. The van der Waals surface area contributed by atoms with Gasteiger partial charge in [-0.05, 0) is 25.8 Å². The SMILES string of the molecule is O=C1CCCN1C1CCCNC1. The molecular weight excluding hydrogens is 152 g/mol. The summed E-state index contributed by atoms with van der Waals surface area (Å²) in [5.74, 6) is 0.365. The van der Waals surface area contributed by atoms with Gasteiger partial charge in [0.1, 0.15) is 0 Å². The molecule has 0 aromatic carbocycles. The predicted octanol–water partition coefficient (Wildman–Crippen LogP) is 0.361. The van der Waals surface area contributed by atoms with Gasteiger partial charge >= 0.3 is 0 Å². The van der Waals surface area contributed by atoms with Crippen LogP contribution in [0.1, 0.15) is 25.7 Å². The van der Waals surface area contributed by atoms with Gasteiger partial charge in [0.25, 0.3) is 0 Å². The molecule has 2 aliphatic rings. The summed E-state index contributed by atoms with van der Waals surface area (Å²) in [6, 6.07) is 0.494. The average molecular weight is 168 g/mol. The van der Waals surface area contributed by atoms with Crippen LogP contribution >= 0.6 is 0 Å². The van der Waals surface area contributed by atoms with Gasteiger partial charge in [0.05, 0.1) is 0 Å².